The summed E-state index contributed by atoms with van der Waals surface area (Å²) in [4.78, 5) is 35.3. The molecule has 1 unspecified atom stereocenters. The van der Waals surface area contributed by atoms with Crippen molar-refractivity contribution >= 4 is 19.8 Å². The second-order valence-corrected chi connectivity index (χ2v) is 15.7. The maximum Gasteiger partial charge on any atom is 0.472 e. The Morgan fingerprint density at radius 3 is 1.52 bits per heavy atom. The SMILES string of the molecule is CC/C=C\C/C=C\C/C=C\C/C=C\CCCCC(=O)OC[C@H](COP(=O)(O)OCC[N+](C)(C)C)OC(=O)CCCCCCC/C=C\C/C=C\C/C=C\CC. The number of nitrogens with zero attached hydrogens (tertiary/aromatic N) is 1. The van der Waals surface area contributed by atoms with Crippen molar-refractivity contribution in [3.05, 3.63) is 85.1 Å². The van der Waals surface area contributed by atoms with E-state index in [4.69, 9.17) is 18.5 Å². The van der Waals surface area contributed by atoms with Crippen LogP contribution in [0.2, 0.25) is 0 Å². The lowest BCUT2D eigenvalue weighted by Crippen LogP contribution is -2.37. The minimum atomic E-state index is -4.39. The quantitative estimate of drug-likeness (QED) is 0.0223. The standard InChI is InChI=1S/C44H74NO8P/c1-6-8-10-12-14-16-18-20-22-24-26-28-30-32-34-36-43(46)50-40-42(41-52-54(48,49)51-39-38-45(3,4)5)53-44(47)37-35-33-31-29-27-25-23-21-19-17-15-13-11-9-7-2/h8-11,14-17,20-23,26,28,42H,6-7,12-13,18-19,24-25,27,29-41H2,1-5H3/p+1/b10-8-,11-9-,16-14-,17-15-,22-20-,23-21-,28-26-/t42-/m1/s1. The molecule has 308 valence electrons. The number of phosphoric acid groups is 1. The van der Waals surface area contributed by atoms with Crippen LogP contribution in [0.5, 0.6) is 0 Å². The Hall–Kier alpha value is -2.81. The molecular weight excluding hydrogens is 701 g/mol. The number of phosphoric ester groups is 1. The van der Waals surface area contributed by atoms with E-state index >= 15 is 0 Å². The Kier molecular flexibility index (Phi) is 34.0. The Labute approximate surface area is 329 Å². The first-order valence-electron chi connectivity index (χ1n) is 20.3. The predicted molar refractivity (Wildman–Crippen MR) is 224 cm³/mol. The third kappa shape index (κ3) is 38.9. The van der Waals surface area contributed by atoms with E-state index in [1.165, 1.54) is 0 Å². The summed E-state index contributed by atoms with van der Waals surface area (Å²) in [5.74, 6) is -0.879. The maximum atomic E-state index is 12.7. The van der Waals surface area contributed by atoms with Crippen LogP contribution in [-0.4, -0.2) is 74.9 Å². The minimum Gasteiger partial charge on any atom is -0.462 e. The van der Waals surface area contributed by atoms with Gasteiger partial charge < -0.3 is 18.9 Å². The summed E-state index contributed by atoms with van der Waals surface area (Å²) >= 11 is 0. The molecule has 0 aliphatic rings. The fraction of sp³-hybridized carbons (Fsp3) is 0.636. The highest BCUT2D eigenvalue weighted by atomic mass is 31.2. The number of carbonyl (C=O) groups excluding carboxylic acids is 2. The number of rotatable bonds is 35. The number of likely N-dealkylation sites (N-methyl/N-ethyl adjacent to an activating group) is 1. The third-order valence-corrected chi connectivity index (χ3v) is 8.90. The van der Waals surface area contributed by atoms with Gasteiger partial charge >= 0.3 is 19.8 Å². The summed E-state index contributed by atoms with van der Waals surface area (Å²) < 4.78 is 34.2. The van der Waals surface area contributed by atoms with Gasteiger partial charge in [0.15, 0.2) is 6.10 Å². The highest BCUT2D eigenvalue weighted by Gasteiger charge is 2.27. The molecule has 0 aliphatic heterocycles. The van der Waals surface area contributed by atoms with Crippen LogP contribution in [-0.2, 0) is 32.7 Å². The van der Waals surface area contributed by atoms with E-state index in [2.05, 4.69) is 98.9 Å². The molecule has 0 saturated carbocycles. The summed E-state index contributed by atoms with van der Waals surface area (Å²) in [6, 6.07) is 0. The summed E-state index contributed by atoms with van der Waals surface area (Å²) in [7, 11) is 1.42. The van der Waals surface area contributed by atoms with Crippen LogP contribution in [0.3, 0.4) is 0 Å². The smallest absolute Gasteiger partial charge is 0.462 e. The van der Waals surface area contributed by atoms with Gasteiger partial charge in [-0.05, 0) is 83.5 Å². The van der Waals surface area contributed by atoms with Crippen LogP contribution >= 0.6 is 7.82 Å². The molecule has 54 heavy (non-hydrogen) atoms. The van der Waals surface area contributed by atoms with Gasteiger partial charge in [-0.3, -0.25) is 18.6 Å². The van der Waals surface area contributed by atoms with Crippen LogP contribution in [0.25, 0.3) is 0 Å². The summed E-state index contributed by atoms with van der Waals surface area (Å²) in [6.45, 7) is 4.09. The van der Waals surface area contributed by atoms with Gasteiger partial charge in [-0.1, -0.05) is 118 Å². The zero-order valence-electron chi connectivity index (χ0n) is 34.4. The second kappa shape index (κ2) is 35.9. The van der Waals surface area contributed by atoms with E-state index < -0.39 is 32.5 Å². The lowest BCUT2D eigenvalue weighted by atomic mass is 10.1. The molecule has 10 heteroatoms. The van der Waals surface area contributed by atoms with Crippen molar-refractivity contribution in [1.82, 2.24) is 0 Å². The van der Waals surface area contributed by atoms with E-state index in [9.17, 15) is 19.0 Å². The van der Waals surface area contributed by atoms with Crippen LogP contribution in [0.15, 0.2) is 85.1 Å². The van der Waals surface area contributed by atoms with Crippen molar-refractivity contribution in [3.63, 3.8) is 0 Å². The van der Waals surface area contributed by atoms with Gasteiger partial charge in [-0.15, -0.1) is 0 Å². The minimum absolute atomic E-state index is 0.0163. The number of unbranched alkanes of at least 4 members (excludes halogenated alkanes) is 7. The van der Waals surface area contributed by atoms with Gasteiger partial charge in [-0.25, -0.2) is 4.57 Å². The number of hydrogen-bond donors (Lipinski definition) is 1. The third-order valence-electron chi connectivity index (χ3n) is 7.92. The molecule has 0 aromatic rings. The Bertz CT molecular complexity index is 1200. The first-order chi connectivity index (χ1) is 26.0. The van der Waals surface area contributed by atoms with Crippen LogP contribution < -0.4 is 0 Å². The molecule has 0 heterocycles. The number of quaternary nitrogens is 1. The van der Waals surface area contributed by atoms with Crippen LogP contribution in [0.1, 0.15) is 129 Å². The molecule has 0 fully saturated rings. The summed E-state index contributed by atoms with van der Waals surface area (Å²) in [5, 5.41) is 0. The van der Waals surface area contributed by atoms with E-state index in [1.54, 1.807) is 0 Å². The molecule has 0 spiro atoms. The molecule has 0 radical (unpaired) electrons. The number of ether oxygens (including phenoxy) is 2. The second-order valence-electron chi connectivity index (χ2n) is 14.3. The first-order valence-corrected chi connectivity index (χ1v) is 21.8. The van der Waals surface area contributed by atoms with E-state index in [0.29, 0.717) is 23.9 Å². The Morgan fingerprint density at radius 2 is 1.00 bits per heavy atom. The van der Waals surface area contributed by atoms with Crippen LogP contribution in [0, 0.1) is 0 Å². The van der Waals surface area contributed by atoms with Crippen molar-refractivity contribution in [1.29, 1.82) is 0 Å². The van der Waals surface area contributed by atoms with Gasteiger partial charge in [0.05, 0.1) is 27.7 Å². The normalized spacial score (nSPS) is 14.6. The zero-order chi connectivity index (χ0) is 40.0. The summed E-state index contributed by atoms with van der Waals surface area (Å²) in [5.41, 5.74) is 0. The number of carbonyl (C=O) groups is 2. The molecular formula is C44H75NO8P+. The van der Waals surface area contributed by atoms with Crippen molar-refractivity contribution in [2.45, 2.75) is 136 Å². The van der Waals surface area contributed by atoms with E-state index in [1.807, 2.05) is 21.1 Å². The van der Waals surface area contributed by atoms with Gasteiger partial charge in [-0.2, -0.15) is 0 Å². The molecule has 0 aromatic heterocycles. The molecule has 9 nitrogen and oxygen atoms in total. The predicted octanol–water partition coefficient (Wildman–Crippen LogP) is 11.2. The largest absolute Gasteiger partial charge is 0.472 e. The molecule has 0 saturated heterocycles. The van der Waals surface area contributed by atoms with Crippen molar-refractivity contribution in [2.24, 2.45) is 0 Å². The van der Waals surface area contributed by atoms with Crippen molar-refractivity contribution < 1.29 is 42.1 Å². The highest BCUT2D eigenvalue weighted by molar-refractivity contribution is 7.47. The topological polar surface area (TPSA) is 108 Å². The summed E-state index contributed by atoms with van der Waals surface area (Å²) in [6.07, 6.45) is 44.9. The number of hydrogen-bond acceptors (Lipinski definition) is 7. The lowest BCUT2D eigenvalue weighted by molar-refractivity contribution is -0.870. The molecule has 0 rings (SSSR count). The number of esters is 2. The molecule has 0 aliphatic carbocycles. The van der Waals surface area contributed by atoms with Crippen molar-refractivity contribution in [3.8, 4) is 0 Å². The van der Waals surface area contributed by atoms with Crippen LogP contribution in [0.4, 0.5) is 0 Å². The Morgan fingerprint density at radius 1 is 0.574 bits per heavy atom. The molecule has 2 atom stereocenters. The zero-order valence-corrected chi connectivity index (χ0v) is 35.3. The monoisotopic (exact) mass is 777 g/mol. The fourth-order valence-electron chi connectivity index (χ4n) is 4.78. The van der Waals surface area contributed by atoms with Gasteiger partial charge in [0.2, 0.25) is 0 Å². The first kappa shape index (κ1) is 51.2. The average Bonchev–Trinajstić information content (AvgIpc) is 3.12. The average molecular weight is 777 g/mol. The molecule has 0 bridgehead atoms. The van der Waals surface area contributed by atoms with Gasteiger partial charge in [0, 0.05) is 12.8 Å². The van der Waals surface area contributed by atoms with E-state index in [0.717, 1.165) is 89.9 Å². The molecule has 0 amide bonds. The lowest BCUT2D eigenvalue weighted by Gasteiger charge is -2.24. The van der Waals surface area contributed by atoms with Gasteiger partial charge in [0.1, 0.15) is 19.8 Å². The maximum absolute atomic E-state index is 12.7. The van der Waals surface area contributed by atoms with Gasteiger partial charge in [0.25, 0.3) is 0 Å². The Balaban J connectivity index is 4.53. The number of allylic oxidation sites excluding steroid dienone is 14. The molecule has 1 N–H and O–H groups in total. The fourth-order valence-corrected chi connectivity index (χ4v) is 5.52. The van der Waals surface area contributed by atoms with Crippen molar-refractivity contribution in [2.75, 3.05) is 47.5 Å². The van der Waals surface area contributed by atoms with E-state index in [-0.39, 0.29) is 26.1 Å². The highest BCUT2D eigenvalue weighted by Crippen LogP contribution is 2.43. The molecule has 0 aromatic carbocycles.